The van der Waals surface area contributed by atoms with Crippen LogP contribution in [0.15, 0.2) is 0 Å². The first-order valence-electron chi connectivity index (χ1n) is 5.86. The van der Waals surface area contributed by atoms with Gasteiger partial charge in [0.1, 0.15) is 0 Å². The third-order valence-electron chi connectivity index (χ3n) is 3.52. The van der Waals surface area contributed by atoms with Crippen molar-refractivity contribution in [1.29, 1.82) is 0 Å². The number of carbonyl (C=O) groups is 1. The van der Waals surface area contributed by atoms with Crippen LogP contribution in [-0.4, -0.2) is 47.9 Å². The molecule has 2 aliphatic rings. The zero-order valence-corrected chi connectivity index (χ0v) is 10.3. The van der Waals surface area contributed by atoms with E-state index in [9.17, 15) is 4.79 Å². The average Bonchev–Trinajstić information content (AvgIpc) is 2.58. The molecule has 2 fully saturated rings. The van der Waals surface area contributed by atoms with Gasteiger partial charge in [0.15, 0.2) is 0 Å². The molecule has 0 radical (unpaired) electrons. The van der Waals surface area contributed by atoms with Gasteiger partial charge in [-0.1, -0.05) is 20.8 Å². The van der Waals surface area contributed by atoms with Gasteiger partial charge in [0, 0.05) is 31.6 Å². The first-order chi connectivity index (χ1) is 6.87. The molecular formula is C12H22N2O. The Bertz CT molecular complexity index is 267. The van der Waals surface area contributed by atoms with E-state index in [1.807, 2.05) is 0 Å². The molecule has 15 heavy (non-hydrogen) atoms. The molecule has 2 bridgehead atoms. The molecule has 0 aliphatic carbocycles. The fourth-order valence-electron chi connectivity index (χ4n) is 2.73. The van der Waals surface area contributed by atoms with Crippen LogP contribution in [0.4, 0.5) is 0 Å². The normalized spacial score (nSPS) is 31.3. The van der Waals surface area contributed by atoms with Gasteiger partial charge in [-0.2, -0.15) is 0 Å². The summed E-state index contributed by atoms with van der Waals surface area (Å²) in [4.78, 5) is 16.6. The van der Waals surface area contributed by atoms with Crippen LogP contribution in [0.3, 0.4) is 0 Å². The van der Waals surface area contributed by atoms with E-state index in [1.165, 1.54) is 6.42 Å². The molecule has 2 saturated heterocycles. The maximum atomic E-state index is 12.1. The highest BCUT2D eigenvalue weighted by Gasteiger charge is 2.43. The molecule has 2 heterocycles. The number of fused-ring (bicyclic) bond motifs is 2. The largest absolute Gasteiger partial charge is 0.337 e. The highest BCUT2D eigenvalue weighted by Crippen LogP contribution is 2.31. The molecule has 2 atom stereocenters. The second kappa shape index (κ2) is 3.48. The average molecular weight is 210 g/mol. The monoisotopic (exact) mass is 210 g/mol. The van der Waals surface area contributed by atoms with Crippen LogP contribution in [0.1, 0.15) is 33.6 Å². The van der Waals surface area contributed by atoms with Gasteiger partial charge < -0.3 is 4.90 Å². The van der Waals surface area contributed by atoms with Crippen molar-refractivity contribution in [1.82, 2.24) is 9.80 Å². The van der Waals surface area contributed by atoms with E-state index < -0.39 is 0 Å². The summed E-state index contributed by atoms with van der Waals surface area (Å²) in [5.41, 5.74) is 0.116. The lowest BCUT2D eigenvalue weighted by atomic mass is 9.91. The van der Waals surface area contributed by atoms with Crippen molar-refractivity contribution in [2.24, 2.45) is 5.41 Å². The lowest BCUT2D eigenvalue weighted by Crippen LogP contribution is -2.47. The molecule has 86 valence electrons. The van der Waals surface area contributed by atoms with Gasteiger partial charge in [0.05, 0.1) is 0 Å². The van der Waals surface area contributed by atoms with Crippen molar-refractivity contribution in [2.45, 2.75) is 45.7 Å². The van der Waals surface area contributed by atoms with Gasteiger partial charge >= 0.3 is 0 Å². The highest BCUT2D eigenvalue weighted by molar-refractivity contribution is 5.77. The van der Waals surface area contributed by atoms with E-state index in [0.29, 0.717) is 24.4 Å². The van der Waals surface area contributed by atoms with Crippen molar-refractivity contribution in [3.05, 3.63) is 0 Å². The SMILES string of the molecule is CN1CC2CC1CN2C(=O)CC(C)(C)C. The third-order valence-corrected chi connectivity index (χ3v) is 3.52. The Labute approximate surface area is 92.4 Å². The molecular weight excluding hydrogens is 188 g/mol. The Kier molecular flexibility index (Phi) is 2.53. The number of rotatable bonds is 1. The minimum absolute atomic E-state index is 0.116. The molecule has 0 aromatic heterocycles. The van der Waals surface area contributed by atoms with E-state index in [0.717, 1.165) is 13.1 Å². The quantitative estimate of drug-likeness (QED) is 0.652. The summed E-state index contributed by atoms with van der Waals surface area (Å²) in [5, 5.41) is 0. The second-order valence-corrected chi connectivity index (χ2v) is 6.27. The summed E-state index contributed by atoms with van der Waals surface area (Å²) in [6.45, 7) is 8.42. The van der Waals surface area contributed by atoms with Crippen molar-refractivity contribution in [2.75, 3.05) is 20.1 Å². The molecule has 0 aromatic carbocycles. The van der Waals surface area contributed by atoms with Gasteiger partial charge in [-0.15, -0.1) is 0 Å². The fourth-order valence-corrected chi connectivity index (χ4v) is 2.73. The zero-order chi connectivity index (χ0) is 11.2. The molecule has 3 nitrogen and oxygen atoms in total. The maximum Gasteiger partial charge on any atom is 0.223 e. The predicted octanol–water partition coefficient (Wildman–Crippen LogP) is 1.34. The van der Waals surface area contributed by atoms with Gasteiger partial charge in [-0.3, -0.25) is 9.69 Å². The molecule has 2 rings (SSSR count). The van der Waals surface area contributed by atoms with Crippen molar-refractivity contribution in [3.8, 4) is 0 Å². The number of amides is 1. The zero-order valence-electron chi connectivity index (χ0n) is 10.3. The van der Waals surface area contributed by atoms with Crippen LogP contribution < -0.4 is 0 Å². The summed E-state index contributed by atoms with van der Waals surface area (Å²) >= 11 is 0. The van der Waals surface area contributed by atoms with E-state index >= 15 is 0 Å². The van der Waals surface area contributed by atoms with Gasteiger partial charge in [-0.25, -0.2) is 0 Å². The number of carbonyl (C=O) groups excluding carboxylic acids is 1. The number of piperazine rings is 1. The van der Waals surface area contributed by atoms with Crippen molar-refractivity contribution < 1.29 is 4.79 Å². The van der Waals surface area contributed by atoms with E-state index in [2.05, 4.69) is 37.6 Å². The van der Waals surface area contributed by atoms with Gasteiger partial charge in [0.2, 0.25) is 5.91 Å². The molecule has 0 saturated carbocycles. The minimum atomic E-state index is 0.116. The smallest absolute Gasteiger partial charge is 0.223 e. The molecule has 0 aromatic rings. The summed E-state index contributed by atoms with van der Waals surface area (Å²) in [6, 6.07) is 1.12. The number of likely N-dealkylation sites (tertiary alicyclic amines) is 2. The first-order valence-corrected chi connectivity index (χ1v) is 5.86. The Morgan fingerprint density at radius 1 is 1.27 bits per heavy atom. The number of nitrogens with zero attached hydrogens (tertiary/aromatic N) is 2. The molecule has 0 spiro atoms. The number of likely N-dealkylation sites (N-methyl/N-ethyl adjacent to an activating group) is 1. The summed E-state index contributed by atoms with van der Waals surface area (Å²) in [6.07, 6.45) is 1.87. The van der Waals surface area contributed by atoms with Crippen LogP contribution in [-0.2, 0) is 4.79 Å². The standard InChI is InChI=1S/C12H22N2O/c1-12(2,3)6-11(15)14-8-9-5-10(14)7-13(9)4/h9-10H,5-8H2,1-4H3. The van der Waals surface area contributed by atoms with E-state index in [4.69, 9.17) is 0 Å². The lowest BCUT2D eigenvalue weighted by Gasteiger charge is -2.33. The second-order valence-electron chi connectivity index (χ2n) is 6.27. The summed E-state index contributed by atoms with van der Waals surface area (Å²) in [5.74, 6) is 0.350. The first kappa shape index (κ1) is 10.9. The Balaban J connectivity index is 1.94. The van der Waals surface area contributed by atoms with Crippen molar-refractivity contribution in [3.63, 3.8) is 0 Å². The van der Waals surface area contributed by atoms with Crippen molar-refractivity contribution >= 4 is 5.91 Å². The Morgan fingerprint density at radius 2 is 1.93 bits per heavy atom. The molecule has 2 aliphatic heterocycles. The van der Waals surface area contributed by atoms with Crippen LogP contribution in [0.5, 0.6) is 0 Å². The van der Waals surface area contributed by atoms with E-state index in [1.54, 1.807) is 0 Å². The topological polar surface area (TPSA) is 23.6 Å². The summed E-state index contributed by atoms with van der Waals surface area (Å²) < 4.78 is 0. The van der Waals surface area contributed by atoms with Gasteiger partial charge in [0.25, 0.3) is 0 Å². The lowest BCUT2D eigenvalue weighted by molar-refractivity contribution is -0.135. The van der Waals surface area contributed by atoms with Crippen LogP contribution in [0, 0.1) is 5.41 Å². The van der Waals surface area contributed by atoms with Crippen LogP contribution >= 0.6 is 0 Å². The maximum absolute atomic E-state index is 12.1. The number of hydrogen-bond acceptors (Lipinski definition) is 2. The molecule has 2 unspecified atom stereocenters. The fraction of sp³-hybridized carbons (Fsp3) is 0.917. The van der Waals surface area contributed by atoms with Crippen LogP contribution in [0.25, 0.3) is 0 Å². The molecule has 3 heteroatoms. The van der Waals surface area contributed by atoms with Crippen LogP contribution in [0.2, 0.25) is 0 Å². The number of hydrogen-bond donors (Lipinski definition) is 0. The third kappa shape index (κ3) is 2.17. The summed E-state index contributed by atoms with van der Waals surface area (Å²) in [7, 11) is 2.16. The minimum Gasteiger partial charge on any atom is -0.337 e. The van der Waals surface area contributed by atoms with E-state index in [-0.39, 0.29) is 5.41 Å². The highest BCUT2D eigenvalue weighted by atomic mass is 16.2. The molecule has 0 N–H and O–H groups in total. The van der Waals surface area contributed by atoms with Gasteiger partial charge in [-0.05, 0) is 18.9 Å². The Hall–Kier alpha value is -0.570. The molecule has 1 amide bonds. The predicted molar refractivity (Wildman–Crippen MR) is 60.6 cm³/mol. The Morgan fingerprint density at radius 3 is 2.33 bits per heavy atom.